The van der Waals surface area contributed by atoms with Crippen LogP contribution < -0.4 is 92.4 Å². The van der Waals surface area contributed by atoms with E-state index in [1.807, 2.05) is 0 Å². The minimum absolute atomic E-state index is 0. The van der Waals surface area contributed by atoms with Crippen LogP contribution in [0.2, 0.25) is 0 Å². The van der Waals surface area contributed by atoms with Gasteiger partial charge in [-0.25, -0.2) is 0 Å². The van der Waals surface area contributed by atoms with Gasteiger partial charge in [-0.15, -0.1) is 0 Å². The maximum atomic E-state index is 11.0. The predicted octanol–water partition coefficient (Wildman–Crippen LogP) is -3.02. The number of hydrogen-bond acceptors (Lipinski definition) is 8. The van der Waals surface area contributed by atoms with Crippen LogP contribution in [-0.4, -0.2) is 28.4 Å². The van der Waals surface area contributed by atoms with Gasteiger partial charge in [0.25, 0.3) is 0 Å². The van der Waals surface area contributed by atoms with E-state index >= 15 is 0 Å². The number of rotatable bonds is 8. The Hall–Kier alpha value is -0.190. The van der Waals surface area contributed by atoms with Crippen molar-refractivity contribution in [1.29, 1.82) is 0 Å². The molecule has 0 fully saturated rings. The van der Waals surface area contributed by atoms with Crippen LogP contribution in [0.25, 0.3) is 12.2 Å². The molecule has 2 aromatic carbocycles. The fourth-order valence-electron chi connectivity index (χ4n) is 2.42. The maximum Gasteiger partial charge on any atom is 1.00 e. The van der Waals surface area contributed by atoms with E-state index in [1.165, 1.54) is 34.5 Å². The van der Waals surface area contributed by atoms with Crippen molar-refractivity contribution in [3.63, 3.8) is 0 Å². The number of halogens is 1. The van der Waals surface area contributed by atoms with Crippen LogP contribution in [0.5, 0.6) is 28.7 Å². The summed E-state index contributed by atoms with van der Waals surface area (Å²) in [6.45, 7) is 0. The molecule has 0 aliphatic rings. The smallest absolute Gasteiger partial charge is 1.00 e. The van der Waals surface area contributed by atoms with E-state index in [0.717, 1.165) is 5.56 Å². The summed E-state index contributed by atoms with van der Waals surface area (Å²) in [7, 11) is 0.606. The Labute approximate surface area is 229 Å². The quantitative estimate of drug-likeness (QED) is 0.206. The summed E-state index contributed by atoms with van der Waals surface area (Å²) < 4.78 is 36.8. The van der Waals surface area contributed by atoms with E-state index in [-0.39, 0.29) is 76.5 Å². The molecule has 154 valence electrons. The summed E-state index contributed by atoms with van der Waals surface area (Å²) in [6.07, 6.45) is 3.44. The molecule has 0 N–H and O–H groups in total. The van der Waals surface area contributed by atoms with Gasteiger partial charge in [0.15, 0.2) is 23.0 Å². The molecule has 0 radical (unpaired) electrons. The van der Waals surface area contributed by atoms with Gasteiger partial charge in [-0.3, -0.25) is 0 Å². The molecule has 0 amide bonds. The monoisotopic (exact) mass is 519 g/mol. The molecule has 2 rings (SSSR count). The van der Waals surface area contributed by atoms with E-state index < -0.39 is 7.82 Å². The first kappa shape index (κ1) is 29.8. The Morgan fingerprint density at radius 3 is 1.83 bits per heavy atom. The van der Waals surface area contributed by atoms with Gasteiger partial charge in [0.2, 0.25) is 5.75 Å². The molecular weight excluding hydrogens is 501 g/mol. The van der Waals surface area contributed by atoms with Gasteiger partial charge in [-0.2, -0.15) is 0 Å². The number of methoxy groups -OCH3 is 4. The Kier molecular flexibility index (Phi) is 13.3. The van der Waals surface area contributed by atoms with E-state index in [2.05, 4.69) is 20.5 Å². The third-order valence-electron chi connectivity index (χ3n) is 3.66. The van der Waals surface area contributed by atoms with Crippen molar-refractivity contribution in [2.45, 2.75) is 0 Å². The first-order chi connectivity index (χ1) is 13.2. The number of ether oxygens (including phenoxy) is 4. The van der Waals surface area contributed by atoms with Gasteiger partial charge in [-0.1, -0.05) is 12.2 Å². The largest absolute Gasteiger partial charge is 1.00 e. The van der Waals surface area contributed by atoms with Crippen LogP contribution in [0.3, 0.4) is 0 Å². The molecule has 0 bridgehead atoms. The molecule has 30 heavy (non-hydrogen) atoms. The SMILES string of the molecule is COc1cc(/C=C\c2ccc(OC)c(OP(=O)([O-])[O-])c2Br)cc(OC)c1OC.[H-].[Na+].[Na+]. The standard InChI is InChI=1S/C18H20BrO8P.2Na.H/c1-23-13-8-7-12(16(19)18(13)27-28(20,21)22)6-5-11-9-14(24-2)17(26-4)15(10-11)25-3;;;/h5-10H,1-4H3,(H2,20,21,22);;;/q;2*+1;-1/p-2/b6-5-;;;. The summed E-state index contributed by atoms with van der Waals surface area (Å²) in [5, 5.41) is 0. The van der Waals surface area contributed by atoms with Crippen molar-refractivity contribution >= 4 is 35.9 Å². The van der Waals surface area contributed by atoms with Crippen molar-refractivity contribution in [1.82, 2.24) is 0 Å². The molecule has 0 aliphatic heterocycles. The third kappa shape index (κ3) is 7.74. The molecule has 12 heteroatoms. The molecule has 0 unspecified atom stereocenters. The number of benzene rings is 2. The maximum absolute atomic E-state index is 11.0. The molecule has 0 atom stereocenters. The minimum Gasteiger partial charge on any atom is -1.00 e. The van der Waals surface area contributed by atoms with Crippen LogP contribution in [0, 0.1) is 0 Å². The van der Waals surface area contributed by atoms with Crippen molar-refractivity contribution in [2.75, 3.05) is 28.4 Å². The summed E-state index contributed by atoms with van der Waals surface area (Å²) in [6, 6.07) is 6.65. The van der Waals surface area contributed by atoms with Crippen LogP contribution in [0.15, 0.2) is 28.7 Å². The number of phosphoric acid groups is 1. The number of hydrogen-bond donors (Lipinski definition) is 0. The molecular formula is C18H19BrNa2O8P-. The van der Waals surface area contributed by atoms with Gasteiger partial charge in [0.1, 0.15) is 7.82 Å². The topological polar surface area (TPSA) is 109 Å². The third-order valence-corrected chi connectivity index (χ3v) is 4.88. The fraction of sp³-hybridized carbons (Fsp3) is 0.222. The fourth-order valence-corrected chi connectivity index (χ4v) is 3.49. The first-order valence-corrected chi connectivity index (χ1v) is 10.1. The molecule has 2 aromatic rings. The minimum atomic E-state index is -5.26. The van der Waals surface area contributed by atoms with Gasteiger partial charge in [0, 0.05) is 0 Å². The first-order valence-electron chi connectivity index (χ1n) is 7.80. The summed E-state index contributed by atoms with van der Waals surface area (Å²) >= 11 is 3.25. The molecule has 0 heterocycles. The van der Waals surface area contributed by atoms with Crippen molar-refractivity contribution < 1.29 is 98.4 Å². The second-order valence-corrected chi connectivity index (χ2v) is 7.20. The normalized spacial score (nSPS) is 10.6. The molecule has 0 spiro atoms. The predicted molar refractivity (Wildman–Crippen MR) is 105 cm³/mol. The zero-order valence-corrected chi connectivity index (χ0v) is 24.0. The molecule has 0 saturated carbocycles. The molecule has 8 nitrogen and oxygen atoms in total. The summed E-state index contributed by atoms with van der Waals surface area (Å²) in [5.74, 6) is 1.31. The average molecular weight is 520 g/mol. The Bertz CT molecular complexity index is 914. The average Bonchev–Trinajstić information content (AvgIpc) is 2.66. The van der Waals surface area contributed by atoms with E-state index in [1.54, 1.807) is 30.4 Å². The molecule has 0 aromatic heterocycles. The van der Waals surface area contributed by atoms with Crippen molar-refractivity contribution in [2.24, 2.45) is 0 Å². The Morgan fingerprint density at radius 2 is 1.40 bits per heavy atom. The van der Waals surface area contributed by atoms with Crippen LogP contribution in [0.4, 0.5) is 0 Å². The second kappa shape index (κ2) is 13.4. The van der Waals surface area contributed by atoms with Crippen LogP contribution in [-0.2, 0) is 4.57 Å². The Balaban J connectivity index is 0. The van der Waals surface area contributed by atoms with Gasteiger partial charge >= 0.3 is 59.1 Å². The van der Waals surface area contributed by atoms with Crippen molar-refractivity contribution in [3.05, 3.63) is 39.9 Å². The van der Waals surface area contributed by atoms with Crippen LogP contribution in [0.1, 0.15) is 12.6 Å². The molecule has 0 saturated heterocycles. The van der Waals surface area contributed by atoms with E-state index in [0.29, 0.717) is 22.8 Å². The second-order valence-electron chi connectivity index (χ2n) is 5.33. The zero-order chi connectivity index (χ0) is 20.9. The summed E-state index contributed by atoms with van der Waals surface area (Å²) in [5.41, 5.74) is 1.29. The van der Waals surface area contributed by atoms with Gasteiger partial charge in [-0.05, 0) is 51.3 Å². The Morgan fingerprint density at radius 1 is 0.867 bits per heavy atom. The van der Waals surface area contributed by atoms with Crippen LogP contribution >= 0.6 is 23.8 Å². The molecule has 0 aliphatic carbocycles. The van der Waals surface area contributed by atoms with E-state index in [9.17, 15) is 14.4 Å². The zero-order valence-electron chi connectivity index (χ0n) is 18.6. The van der Waals surface area contributed by atoms with Crippen molar-refractivity contribution in [3.8, 4) is 28.7 Å². The van der Waals surface area contributed by atoms with E-state index in [4.69, 9.17) is 18.9 Å². The van der Waals surface area contributed by atoms with Gasteiger partial charge < -0.3 is 39.2 Å². The van der Waals surface area contributed by atoms with Gasteiger partial charge in [0.05, 0.1) is 32.9 Å². The number of phosphoric ester groups is 1. The summed E-state index contributed by atoms with van der Waals surface area (Å²) in [4.78, 5) is 22.1.